The molecular weight excluding hydrogens is 620 g/mol. The fourth-order valence-electron chi connectivity index (χ4n) is 9.21. The van der Waals surface area contributed by atoms with Crippen LogP contribution < -0.4 is 0 Å². The zero-order valence-electron chi connectivity index (χ0n) is 32.4. The first-order valence-electron chi connectivity index (χ1n) is 21.5. The summed E-state index contributed by atoms with van der Waals surface area (Å²) in [5, 5.41) is 0. The Bertz CT molecular complexity index is 1010. The van der Waals surface area contributed by atoms with Crippen LogP contribution in [0.15, 0.2) is 24.3 Å². The SMILES string of the molecule is CCCCCCCCCC1C(CCCCCCC)CCC(CCCCCCCN2C(=O)C=CC2=O)C1CCCCCCCN1C(=O)C=CC1=O. The minimum Gasteiger partial charge on any atom is -0.275 e. The minimum atomic E-state index is -0.156. The molecule has 284 valence electrons. The van der Waals surface area contributed by atoms with E-state index >= 15 is 0 Å². The lowest BCUT2D eigenvalue weighted by Gasteiger charge is -2.44. The molecule has 1 aliphatic carbocycles. The monoisotopic (exact) mass is 695 g/mol. The van der Waals surface area contributed by atoms with E-state index in [-0.39, 0.29) is 23.6 Å². The number of carbonyl (C=O) groups excluding carboxylic acids is 4. The number of unbranched alkanes of at least 4 members (excludes halogenated alkanes) is 18. The zero-order valence-corrected chi connectivity index (χ0v) is 32.4. The molecule has 0 spiro atoms. The topological polar surface area (TPSA) is 74.8 Å². The molecule has 6 heteroatoms. The molecule has 4 amide bonds. The average Bonchev–Trinajstić information content (AvgIpc) is 3.61. The van der Waals surface area contributed by atoms with E-state index in [9.17, 15) is 19.2 Å². The predicted molar refractivity (Wildman–Crippen MR) is 206 cm³/mol. The Kier molecular flexibility index (Phi) is 21.7. The molecule has 2 aliphatic heterocycles. The molecule has 3 rings (SSSR count). The van der Waals surface area contributed by atoms with Gasteiger partial charge in [0.25, 0.3) is 23.6 Å². The fourth-order valence-corrected chi connectivity index (χ4v) is 9.21. The van der Waals surface area contributed by atoms with E-state index in [1.165, 1.54) is 188 Å². The highest BCUT2D eigenvalue weighted by Crippen LogP contribution is 2.47. The molecule has 0 saturated heterocycles. The molecule has 1 fully saturated rings. The summed E-state index contributed by atoms with van der Waals surface area (Å²) in [5.74, 6) is 2.89. The van der Waals surface area contributed by atoms with Crippen molar-refractivity contribution in [2.45, 2.75) is 194 Å². The van der Waals surface area contributed by atoms with Crippen molar-refractivity contribution in [1.82, 2.24) is 9.80 Å². The molecule has 0 aromatic rings. The van der Waals surface area contributed by atoms with Gasteiger partial charge in [0.15, 0.2) is 0 Å². The van der Waals surface area contributed by atoms with Crippen molar-refractivity contribution in [1.29, 1.82) is 0 Å². The Morgan fingerprint density at radius 1 is 0.400 bits per heavy atom. The lowest BCUT2D eigenvalue weighted by Crippen LogP contribution is -2.35. The van der Waals surface area contributed by atoms with Gasteiger partial charge < -0.3 is 0 Å². The van der Waals surface area contributed by atoms with Crippen LogP contribution in [0.2, 0.25) is 0 Å². The first-order chi connectivity index (χ1) is 24.5. The summed E-state index contributed by atoms with van der Waals surface area (Å²) in [6, 6.07) is 0. The van der Waals surface area contributed by atoms with Crippen LogP contribution in [0.1, 0.15) is 194 Å². The maximum Gasteiger partial charge on any atom is 0.253 e. The molecule has 50 heavy (non-hydrogen) atoms. The van der Waals surface area contributed by atoms with Gasteiger partial charge in [-0.3, -0.25) is 29.0 Å². The Hall–Kier alpha value is -2.24. The first-order valence-corrected chi connectivity index (χ1v) is 21.5. The normalized spacial score (nSPS) is 22.2. The van der Waals surface area contributed by atoms with E-state index in [1.54, 1.807) is 0 Å². The van der Waals surface area contributed by atoms with Crippen LogP contribution in [0.25, 0.3) is 0 Å². The van der Waals surface area contributed by atoms with E-state index in [2.05, 4.69) is 13.8 Å². The van der Waals surface area contributed by atoms with E-state index in [0.717, 1.165) is 49.4 Å². The third-order valence-corrected chi connectivity index (χ3v) is 12.2. The minimum absolute atomic E-state index is 0.155. The van der Waals surface area contributed by atoms with Crippen molar-refractivity contribution >= 4 is 23.6 Å². The maximum atomic E-state index is 11.9. The Balaban J connectivity index is 1.50. The van der Waals surface area contributed by atoms with Crippen molar-refractivity contribution in [3.05, 3.63) is 24.3 Å². The quantitative estimate of drug-likeness (QED) is 0.0554. The van der Waals surface area contributed by atoms with Gasteiger partial charge in [0.05, 0.1) is 0 Å². The maximum absolute atomic E-state index is 11.9. The zero-order chi connectivity index (χ0) is 35.8. The lowest BCUT2D eigenvalue weighted by atomic mass is 9.61. The number of rotatable bonds is 30. The van der Waals surface area contributed by atoms with Gasteiger partial charge in [-0.25, -0.2) is 0 Å². The molecule has 4 atom stereocenters. The first kappa shape index (κ1) is 42.2. The van der Waals surface area contributed by atoms with Crippen molar-refractivity contribution in [2.75, 3.05) is 13.1 Å². The van der Waals surface area contributed by atoms with Crippen molar-refractivity contribution in [3.63, 3.8) is 0 Å². The van der Waals surface area contributed by atoms with E-state index < -0.39 is 0 Å². The number of imide groups is 2. The van der Waals surface area contributed by atoms with Gasteiger partial charge in [-0.1, -0.05) is 155 Å². The molecule has 1 saturated carbocycles. The highest BCUT2D eigenvalue weighted by Gasteiger charge is 2.37. The third-order valence-electron chi connectivity index (χ3n) is 12.2. The second-order valence-corrected chi connectivity index (χ2v) is 16.0. The molecule has 0 aromatic heterocycles. The van der Waals surface area contributed by atoms with Crippen LogP contribution in [0.3, 0.4) is 0 Å². The second kappa shape index (κ2) is 25.7. The number of hydrogen-bond donors (Lipinski definition) is 0. The van der Waals surface area contributed by atoms with Crippen LogP contribution in [0.4, 0.5) is 0 Å². The standard InChI is InChI=1S/C44H74N2O4/c1-3-5-7-9-10-15-21-27-39-37(25-19-13-8-6-4-2)29-30-38(26-20-14-11-17-23-35-45-41(47)31-32-42(45)48)40(39)28-22-16-12-18-24-36-46-43(49)33-34-44(46)50/h31-34,37-40H,3-30,35-36H2,1-2H3. The number of hydrogen-bond acceptors (Lipinski definition) is 4. The smallest absolute Gasteiger partial charge is 0.253 e. The molecule has 0 bridgehead atoms. The van der Waals surface area contributed by atoms with E-state index in [1.807, 2.05) is 0 Å². The van der Waals surface area contributed by atoms with Gasteiger partial charge in [-0.15, -0.1) is 0 Å². The highest BCUT2D eigenvalue weighted by molar-refractivity contribution is 6.13. The Morgan fingerprint density at radius 3 is 1.02 bits per heavy atom. The molecule has 4 unspecified atom stereocenters. The van der Waals surface area contributed by atoms with Crippen LogP contribution in [-0.4, -0.2) is 46.5 Å². The number of carbonyl (C=O) groups is 4. The predicted octanol–water partition coefficient (Wildman–Crippen LogP) is 11.3. The van der Waals surface area contributed by atoms with Crippen LogP contribution in [0, 0.1) is 23.7 Å². The Labute approximate surface area is 306 Å². The van der Waals surface area contributed by atoms with Gasteiger partial charge in [-0.05, 0) is 62.2 Å². The average molecular weight is 695 g/mol. The summed E-state index contributed by atoms with van der Waals surface area (Å²) < 4.78 is 0. The van der Waals surface area contributed by atoms with Gasteiger partial charge >= 0.3 is 0 Å². The summed E-state index contributed by atoms with van der Waals surface area (Å²) in [7, 11) is 0. The summed E-state index contributed by atoms with van der Waals surface area (Å²) in [6.07, 6.45) is 42.2. The van der Waals surface area contributed by atoms with Crippen molar-refractivity contribution < 1.29 is 19.2 Å². The summed E-state index contributed by atoms with van der Waals surface area (Å²) in [4.78, 5) is 50.2. The summed E-state index contributed by atoms with van der Waals surface area (Å²) in [6.45, 7) is 5.73. The van der Waals surface area contributed by atoms with Gasteiger partial charge in [-0.2, -0.15) is 0 Å². The largest absolute Gasteiger partial charge is 0.275 e. The van der Waals surface area contributed by atoms with Gasteiger partial charge in [0.1, 0.15) is 0 Å². The second-order valence-electron chi connectivity index (χ2n) is 16.0. The molecule has 0 aromatic carbocycles. The summed E-state index contributed by atoms with van der Waals surface area (Å²) in [5.41, 5.74) is 0. The molecule has 6 nitrogen and oxygen atoms in total. The van der Waals surface area contributed by atoms with Crippen molar-refractivity contribution in [3.8, 4) is 0 Å². The molecular formula is C44H74N2O4. The van der Waals surface area contributed by atoms with Crippen molar-refractivity contribution in [2.24, 2.45) is 23.7 Å². The van der Waals surface area contributed by atoms with Gasteiger partial charge in [0, 0.05) is 37.4 Å². The van der Waals surface area contributed by atoms with Crippen LogP contribution in [-0.2, 0) is 19.2 Å². The molecule has 0 N–H and O–H groups in total. The van der Waals surface area contributed by atoms with E-state index in [4.69, 9.17) is 0 Å². The number of amides is 4. The molecule has 0 radical (unpaired) electrons. The van der Waals surface area contributed by atoms with Crippen LogP contribution >= 0.6 is 0 Å². The summed E-state index contributed by atoms with van der Waals surface area (Å²) >= 11 is 0. The Morgan fingerprint density at radius 2 is 0.680 bits per heavy atom. The van der Waals surface area contributed by atoms with E-state index in [0.29, 0.717) is 13.1 Å². The molecule has 2 heterocycles. The molecule has 3 aliphatic rings. The van der Waals surface area contributed by atoms with Gasteiger partial charge in [0.2, 0.25) is 0 Å². The number of nitrogens with zero attached hydrogens (tertiary/aromatic N) is 2. The van der Waals surface area contributed by atoms with Crippen LogP contribution in [0.5, 0.6) is 0 Å². The highest BCUT2D eigenvalue weighted by atomic mass is 16.2. The third kappa shape index (κ3) is 15.6. The lowest BCUT2D eigenvalue weighted by molar-refractivity contribution is -0.138. The fraction of sp³-hybridized carbons (Fsp3) is 0.818.